The number of hydrogen-bond donors (Lipinski definition) is 1. The van der Waals surface area contributed by atoms with E-state index in [0.717, 1.165) is 25.7 Å². The summed E-state index contributed by atoms with van der Waals surface area (Å²) in [6.07, 6.45) is 7.50. The molecule has 1 aromatic heterocycles. The number of carbonyl (C=O) groups excluding carboxylic acids is 1. The number of nitrogens with zero attached hydrogens (tertiary/aromatic N) is 1. The van der Waals surface area contributed by atoms with Gasteiger partial charge in [0.25, 0.3) is 0 Å². The van der Waals surface area contributed by atoms with E-state index in [1.54, 1.807) is 18.3 Å². The number of pyridine rings is 1. The van der Waals surface area contributed by atoms with Gasteiger partial charge in [-0.05, 0) is 37.8 Å². The van der Waals surface area contributed by atoms with Crippen molar-refractivity contribution in [3.8, 4) is 0 Å². The first-order valence-electron chi connectivity index (χ1n) is 6.14. The first-order chi connectivity index (χ1) is 8.24. The Kier molecular flexibility index (Phi) is 3.96. The van der Waals surface area contributed by atoms with Gasteiger partial charge in [0, 0.05) is 0 Å². The number of nitrogen functional groups attached to an aromatic ring is 1. The maximum Gasteiger partial charge on any atom is 0.312 e. The summed E-state index contributed by atoms with van der Waals surface area (Å²) < 4.78 is 5.42. The van der Waals surface area contributed by atoms with Crippen LogP contribution in [0.2, 0.25) is 0 Å². The molecule has 0 aliphatic heterocycles. The van der Waals surface area contributed by atoms with Crippen molar-refractivity contribution in [1.82, 2.24) is 4.98 Å². The molecule has 0 bridgehead atoms. The van der Waals surface area contributed by atoms with Crippen LogP contribution in [0.3, 0.4) is 0 Å². The lowest BCUT2D eigenvalue weighted by molar-refractivity contribution is -0.149. The van der Waals surface area contributed by atoms with E-state index < -0.39 is 0 Å². The third-order valence-corrected chi connectivity index (χ3v) is 3.02. The summed E-state index contributed by atoms with van der Waals surface area (Å²) in [6, 6.07) is 3.51. The lowest BCUT2D eigenvalue weighted by Gasteiger charge is -2.21. The van der Waals surface area contributed by atoms with Gasteiger partial charge < -0.3 is 10.5 Å². The van der Waals surface area contributed by atoms with E-state index in [1.807, 2.05) is 0 Å². The number of aromatic nitrogens is 1. The number of anilines is 1. The van der Waals surface area contributed by atoms with Gasteiger partial charge in [-0.15, -0.1) is 0 Å². The van der Waals surface area contributed by atoms with Crippen LogP contribution in [0.4, 0.5) is 5.69 Å². The minimum Gasteiger partial charge on any atom is -0.462 e. The number of nitrogens with two attached hydrogens (primary N) is 1. The summed E-state index contributed by atoms with van der Waals surface area (Å²) in [6.45, 7) is 0. The SMILES string of the molecule is Nc1ccc(CC(=O)OC2CCCCC2)nc1. The fourth-order valence-electron chi connectivity index (χ4n) is 2.10. The highest BCUT2D eigenvalue weighted by Crippen LogP contribution is 2.20. The molecular weight excluding hydrogens is 216 g/mol. The molecule has 0 amide bonds. The lowest BCUT2D eigenvalue weighted by atomic mass is 9.98. The zero-order valence-electron chi connectivity index (χ0n) is 9.89. The van der Waals surface area contributed by atoms with Gasteiger partial charge in [0.15, 0.2) is 0 Å². The van der Waals surface area contributed by atoms with Gasteiger partial charge in [0.2, 0.25) is 0 Å². The molecule has 2 N–H and O–H groups in total. The molecule has 1 fully saturated rings. The fourth-order valence-corrected chi connectivity index (χ4v) is 2.10. The summed E-state index contributed by atoms with van der Waals surface area (Å²) >= 11 is 0. The number of ether oxygens (including phenoxy) is 1. The Morgan fingerprint density at radius 3 is 2.76 bits per heavy atom. The number of esters is 1. The molecule has 1 aromatic rings. The van der Waals surface area contributed by atoms with Gasteiger partial charge in [0.1, 0.15) is 6.10 Å². The van der Waals surface area contributed by atoms with E-state index in [4.69, 9.17) is 10.5 Å². The standard InChI is InChI=1S/C13H18N2O2/c14-10-6-7-11(15-9-10)8-13(16)17-12-4-2-1-3-5-12/h6-7,9,12H,1-5,8,14H2. The molecule has 0 radical (unpaired) electrons. The van der Waals surface area contributed by atoms with Crippen molar-refractivity contribution < 1.29 is 9.53 Å². The second kappa shape index (κ2) is 5.66. The minimum absolute atomic E-state index is 0.116. The van der Waals surface area contributed by atoms with Gasteiger partial charge in [-0.25, -0.2) is 0 Å². The Bertz CT molecular complexity index is 370. The molecule has 1 heterocycles. The molecule has 0 spiro atoms. The summed E-state index contributed by atoms with van der Waals surface area (Å²) in [5.41, 5.74) is 6.84. The van der Waals surface area contributed by atoms with Crippen molar-refractivity contribution in [1.29, 1.82) is 0 Å². The second-order valence-electron chi connectivity index (χ2n) is 4.51. The van der Waals surface area contributed by atoms with Crippen LogP contribution in [0.5, 0.6) is 0 Å². The fraction of sp³-hybridized carbons (Fsp3) is 0.538. The van der Waals surface area contributed by atoms with Crippen molar-refractivity contribution in [2.75, 3.05) is 5.73 Å². The molecule has 17 heavy (non-hydrogen) atoms. The third kappa shape index (κ3) is 3.73. The topological polar surface area (TPSA) is 65.2 Å². The maximum atomic E-state index is 11.7. The lowest BCUT2D eigenvalue weighted by Crippen LogP contribution is -2.22. The van der Waals surface area contributed by atoms with Crippen molar-refractivity contribution >= 4 is 11.7 Å². The van der Waals surface area contributed by atoms with Gasteiger partial charge in [-0.2, -0.15) is 0 Å². The summed E-state index contributed by atoms with van der Waals surface area (Å²) in [4.78, 5) is 15.8. The molecule has 4 heteroatoms. The summed E-state index contributed by atoms with van der Waals surface area (Å²) in [5, 5.41) is 0. The second-order valence-corrected chi connectivity index (χ2v) is 4.51. The van der Waals surface area contributed by atoms with E-state index in [-0.39, 0.29) is 18.5 Å². The Morgan fingerprint density at radius 2 is 2.12 bits per heavy atom. The Hall–Kier alpha value is -1.58. The van der Waals surface area contributed by atoms with Crippen LogP contribution >= 0.6 is 0 Å². The van der Waals surface area contributed by atoms with Crippen LogP contribution in [0.25, 0.3) is 0 Å². The third-order valence-electron chi connectivity index (χ3n) is 3.02. The Balaban J connectivity index is 1.82. The molecule has 1 aliphatic rings. The first kappa shape index (κ1) is 11.9. The zero-order chi connectivity index (χ0) is 12.1. The molecule has 0 aromatic carbocycles. The highest BCUT2D eigenvalue weighted by molar-refractivity contribution is 5.72. The minimum atomic E-state index is -0.186. The van der Waals surface area contributed by atoms with Crippen LogP contribution < -0.4 is 5.73 Å². The van der Waals surface area contributed by atoms with E-state index in [1.165, 1.54) is 6.42 Å². The molecule has 0 saturated heterocycles. The largest absolute Gasteiger partial charge is 0.462 e. The molecule has 92 valence electrons. The molecule has 4 nitrogen and oxygen atoms in total. The Morgan fingerprint density at radius 1 is 1.35 bits per heavy atom. The van der Waals surface area contributed by atoms with Gasteiger partial charge in [-0.3, -0.25) is 9.78 Å². The maximum absolute atomic E-state index is 11.7. The number of carbonyl (C=O) groups is 1. The average Bonchev–Trinajstić information content (AvgIpc) is 2.33. The van der Waals surface area contributed by atoms with Crippen LogP contribution in [-0.4, -0.2) is 17.1 Å². The van der Waals surface area contributed by atoms with Gasteiger partial charge in [-0.1, -0.05) is 6.42 Å². The number of hydrogen-bond acceptors (Lipinski definition) is 4. The van der Waals surface area contributed by atoms with E-state index in [9.17, 15) is 4.79 Å². The van der Waals surface area contributed by atoms with E-state index in [0.29, 0.717) is 11.4 Å². The molecule has 1 saturated carbocycles. The monoisotopic (exact) mass is 234 g/mol. The van der Waals surface area contributed by atoms with E-state index >= 15 is 0 Å². The van der Waals surface area contributed by atoms with Crippen molar-refractivity contribution in [2.24, 2.45) is 0 Å². The smallest absolute Gasteiger partial charge is 0.312 e. The molecule has 2 rings (SSSR count). The van der Waals surface area contributed by atoms with Crippen LogP contribution in [0.15, 0.2) is 18.3 Å². The van der Waals surface area contributed by atoms with Gasteiger partial charge in [0.05, 0.1) is 24.0 Å². The summed E-state index contributed by atoms with van der Waals surface area (Å²) in [5.74, 6) is -0.186. The highest BCUT2D eigenvalue weighted by atomic mass is 16.5. The zero-order valence-corrected chi connectivity index (χ0v) is 9.89. The summed E-state index contributed by atoms with van der Waals surface area (Å²) in [7, 11) is 0. The molecule has 0 atom stereocenters. The predicted molar refractivity (Wildman–Crippen MR) is 65.3 cm³/mol. The quantitative estimate of drug-likeness (QED) is 0.813. The van der Waals surface area contributed by atoms with E-state index in [2.05, 4.69) is 4.98 Å². The molecule has 0 unspecified atom stereocenters. The van der Waals surface area contributed by atoms with Crippen LogP contribution in [0.1, 0.15) is 37.8 Å². The molecule has 1 aliphatic carbocycles. The van der Waals surface area contributed by atoms with Crippen LogP contribution in [0, 0.1) is 0 Å². The average molecular weight is 234 g/mol. The Labute approximate surface area is 101 Å². The van der Waals surface area contributed by atoms with Crippen molar-refractivity contribution in [2.45, 2.75) is 44.6 Å². The first-order valence-corrected chi connectivity index (χ1v) is 6.14. The normalized spacial score (nSPS) is 16.7. The predicted octanol–water partition coefficient (Wildman–Crippen LogP) is 2.08. The van der Waals surface area contributed by atoms with Gasteiger partial charge >= 0.3 is 5.97 Å². The van der Waals surface area contributed by atoms with Crippen LogP contribution in [-0.2, 0) is 16.0 Å². The molecular formula is C13H18N2O2. The van der Waals surface area contributed by atoms with Crippen molar-refractivity contribution in [3.05, 3.63) is 24.0 Å². The highest BCUT2D eigenvalue weighted by Gasteiger charge is 2.17. The number of rotatable bonds is 3. The van der Waals surface area contributed by atoms with Crippen molar-refractivity contribution in [3.63, 3.8) is 0 Å².